The standard InChI is InChI=1S/C17H16BrNS/c1-11-7-8-12(2)13(9-11)14(18)10-17-19-15-5-3-4-6-16(15)20-17/h3-9,14H,10H2,1-2H3. The molecule has 3 rings (SSSR count). The van der Waals surface area contributed by atoms with Crippen LogP contribution < -0.4 is 0 Å². The number of para-hydroxylation sites is 1. The lowest BCUT2D eigenvalue weighted by Crippen LogP contribution is -1.98. The monoisotopic (exact) mass is 345 g/mol. The average Bonchev–Trinajstić information content (AvgIpc) is 2.83. The Balaban J connectivity index is 1.88. The van der Waals surface area contributed by atoms with Crippen molar-refractivity contribution >= 4 is 37.5 Å². The lowest BCUT2D eigenvalue weighted by atomic mass is 10.0. The smallest absolute Gasteiger partial charge is 0.0953 e. The van der Waals surface area contributed by atoms with Gasteiger partial charge in [-0.2, -0.15) is 0 Å². The fourth-order valence-corrected chi connectivity index (χ4v) is 4.39. The van der Waals surface area contributed by atoms with Crippen LogP contribution >= 0.6 is 27.3 Å². The fraction of sp³-hybridized carbons (Fsp3) is 0.235. The molecule has 0 aliphatic carbocycles. The molecule has 1 heterocycles. The van der Waals surface area contributed by atoms with Gasteiger partial charge in [-0.25, -0.2) is 4.98 Å². The summed E-state index contributed by atoms with van der Waals surface area (Å²) in [6.45, 7) is 4.31. The number of hydrogen-bond acceptors (Lipinski definition) is 2. The minimum Gasteiger partial charge on any atom is -0.241 e. The molecule has 0 fully saturated rings. The second-order valence-corrected chi connectivity index (χ2v) is 7.33. The fourth-order valence-electron chi connectivity index (χ4n) is 2.37. The number of alkyl halides is 1. The summed E-state index contributed by atoms with van der Waals surface area (Å²) in [5.41, 5.74) is 5.11. The predicted octanol–water partition coefficient (Wildman–Crippen LogP) is 5.59. The summed E-state index contributed by atoms with van der Waals surface area (Å²) in [6.07, 6.45) is 0.934. The quantitative estimate of drug-likeness (QED) is 0.563. The van der Waals surface area contributed by atoms with Crippen molar-refractivity contribution < 1.29 is 0 Å². The minimum atomic E-state index is 0.322. The van der Waals surface area contributed by atoms with Crippen molar-refractivity contribution in [2.45, 2.75) is 25.1 Å². The first-order chi connectivity index (χ1) is 9.63. The van der Waals surface area contributed by atoms with Crippen molar-refractivity contribution in [3.8, 4) is 0 Å². The van der Waals surface area contributed by atoms with E-state index in [-0.39, 0.29) is 0 Å². The maximum atomic E-state index is 4.72. The van der Waals surface area contributed by atoms with Gasteiger partial charge in [0, 0.05) is 11.2 Å². The minimum absolute atomic E-state index is 0.322. The molecule has 0 spiro atoms. The zero-order valence-corrected chi connectivity index (χ0v) is 14.0. The van der Waals surface area contributed by atoms with Crippen LogP contribution in [0.2, 0.25) is 0 Å². The average molecular weight is 346 g/mol. The Labute approximate surface area is 131 Å². The summed E-state index contributed by atoms with van der Waals surface area (Å²) in [5, 5.41) is 1.19. The van der Waals surface area contributed by atoms with Gasteiger partial charge in [-0.3, -0.25) is 0 Å². The van der Waals surface area contributed by atoms with Gasteiger partial charge < -0.3 is 0 Å². The van der Waals surface area contributed by atoms with E-state index in [0.29, 0.717) is 4.83 Å². The summed E-state index contributed by atoms with van der Waals surface area (Å²) in [5.74, 6) is 0. The first-order valence-corrected chi connectivity index (χ1v) is 8.42. The Hall–Kier alpha value is -1.19. The van der Waals surface area contributed by atoms with Gasteiger partial charge in [-0.05, 0) is 37.1 Å². The highest BCUT2D eigenvalue weighted by Gasteiger charge is 2.14. The van der Waals surface area contributed by atoms with E-state index in [1.807, 2.05) is 6.07 Å². The number of aromatic nitrogens is 1. The van der Waals surface area contributed by atoms with E-state index in [4.69, 9.17) is 4.98 Å². The number of nitrogens with zero attached hydrogens (tertiary/aromatic N) is 1. The van der Waals surface area contributed by atoms with Crippen molar-refractivity contribution in [3.63, 3.8) is 0 Å². The molecular weight excluding hydrogens is 330 g/mol. The molecule has 102 valence electrons. The topological polar surface area (TPSA) is 12.9 Å². The Morgan fingerprint density at radius 3 is 2.75 bits per heavy atom. The van der Waals surface area contributed by atoms with Gasteiger partial charge >= 0.3 is 0 Å². The van der Waals surface area contributed by atoms with Crippen molar-refractivity contribution in [1.82, 2.24) is 4.98 Å². The van der Waals surface area contributed by atoms with Crippen molar-refractivity contribution in [3.05, 3.63) is 64.2 Å². The highest BCUT2D eigenvalue weighted by molar-refractivity contribution is 9.09. The summed E-state index contributed by atoms with van der Waals surface area (Å²) in [7, 11) is 0. The van der Waals surface area contributed by atoms with Gasteiger partial charge in [0.25, 0.3) is 0 Å². The van der Waals surface area contributed by atoms with E-state index in [1.165, 1.54) is 26.4 Å². The number of rotatable bonds is 3. The van der Waals surface area contributed by atoms with Gasteiger partial charge in [0.1, 0.15) is 0 Å². The molecule has 20 heavy (non-hydrogen) atoms. The van der Waals surface area contributed by atoms with E-state index in [9.17, 15) is 0 Å². The Bertz CT molecular complexity index is 715. The molecule has 3 aromatic rings. The maximum absolute atomic E-state index is 4.72. The molecule has 0 amide bonds. The number of fused-ring (bicyclic) bond motifs is 1. The van der Waals surface area contributed by atoms with E-state index in [0.717, 1.165) is 11.9 Å². The molecule has 2 aromatic carbocycles. The molecular formula is C17H16BrNS. The van der Waals surface area contributed by atoms with Crippen LogP contribution in [0, 0.1) is 13.8 Å². The van der Waals surface area contributed by atoms with E-state index in [2.05, 4.69) is 66.2 Å². The second-order valence-electron chi connectivity index (χ2n) is 5.11. The van der Waals surface area contributed by atoms with Crippen LogP contribution in [0.1, 0.15) is 26.5 Å². The lowest BCUT2D eigenvalue weighted by Gasteiger charge is -2.12. The second kappa shape index (κ2) is 5.66. The third kappa shape index (κ3) is 2.79. The van der Waals surface area contributed by atoms with Crippen LogP contribution in [0.5, 0.6) is 0 Å². The molecule has 0 radical (unpaired) electrons. The third-order valence-corrected chi connectivity index (χ3v) is 5.34. The zero-order chi connectivity index (χ0) is 14.1. The normalized spacial score (nSPS) is 12.8. The molecule has 0 saturated heterocycles. The van der Waals surface area contributed by atoms with E-state index >= 15 is 0 Å². The van der Waals surface area contributed by atoms with Crippen LogP contribution in [-0.2, 0) is 6.42 Å². The molecule has 1 aromatic heterocycles. The highest BCUT2D eigenvalue weighted by Crippen LogP contribution is 2.32. The first-order valence-electron chi connectivity index (χ1n) is 6.69. The summed E-state index contributed by atoms with van der Waals surface area (Å²) in [6, 6.07) is 15.0. The summed E-state index contributed by atoms with van der Waals surface area (Å²) < 4.78 is 1.27. The van der Waals surface area contributed by atoms with Crippen LogP contribution in [-0.4, -0.2) is 4.98 Å². The van der Waals surface area contributed by atoms with Crippen LogP contribution in [0.3, 0.4) is 0 Å². The molecule has 1 atom stereocenters. The zero-order valence-electron chi connectivity index (χ0n) is 11.6. The van der Waals surface area contributed by atoms with Crippen molar-refractivity contribution in [1.29, 1.82) is 0 Å². The summed E-state index contributed by atoms with van der Waals surface area (Å²) >= 11 is 5.62. The first kappa shape index (κ1) is 13.8. The van der Waals surface area contributed by atoms with Gasteiger partial charge in [0.05, 0.1) is 15.2 Å². The summed E-state index contributed by atoms with van der Waals surface area (Å²) in [4.78, 5) is 5.04. The Kier molecular flexibility index (Phi) is 3.90. The van der Waals surface area contributed by atoms with Gasteiger partial charge in [-0.15, -0.1) is 11.3 Å². The van der Waals surface area contributed by atoms with Gasteiger partial charge in [-0.1, -0.05) is 51.8 Å². The van der Waals surface area contributed by atoms with E-state index in [1.54, 1.807) is 11.3 Å². The maximum Gasteiger partial charge on any atom is 0.0953 e. The molecule has 0 saturated carbocycles. The molecule has 0 bridgehead atoms. The number of hydrogen-bond donors (Lipinski definition) is 0. The lowest BCUT2D eigenvalue weighted by molar-refractivity contribution is 0.926. The molecule has 0 aliphatic rings. The molecule has 0 aliphatic heterocycles. The van der Waals surface area contributed by atoms with E-state index < -0.39 is 0 Å². The van der Waals surface area contributed by atoms with Gasteiger partial charge in [0.15, 0.2) is 0 Å². The Morgan fingerprint density at radius 1 is 1.15 bits per heavy atom. The molecule has 0 N–H and O–H groups in total. The number of benzene rings is 2. The third-order valence-electron chi connectivity index (χ3n) is 3.46. The molecule has 1 nitrogen and oxygen atoms in total. The van der Waals surface area contributed by atoms with Crippen molar-refractivity contribution in [2.24, 2.45) is 0 Å². The van der Waals surface area contributed by atoms with Crippen LogP contribution in [0.15, 0.2) is 42.5 Å². The number of halogens is 1. The van der Waals surface area contributed by atoms with Crippen molar-refractivity contribution in [2.75, 3.05) is 0 Å². The largest absolute Gasteiger partial charge is 0.241 e. The number of aryl methyl sites for hydroxylation is 2. The molecule has 1 unspecified atom stereocenters. The molecule has 3 heteroatoms. The SMILES string of the molecule is Cc1ccc(C)c(C(Br)Cc2nc3ccccc3s2)c1. The Morgan fingerprint density at radius 2 is 1.95 bits per heavy atom. The number of thiazole rings is 1. The van der Waals surface area contributed by atoms with Gasteiger partial charge in [0.2, 0.25) is 0 Å². The predicted molar refractivity (Wildman–Crippen MR) is 90.9 cm³/mol. The highest BCUT2D eigenvalue weighted by atomic mass is 79.9. The van der Waals surface area contributed by atoms with Crippen LogP contribution in [0.4, 0.5) is 0 Å². The van der Waals surface area contributed by atoms with Crippen LogP contribution in [0.25, 0.3) is 10.2 Å².